The number of aromatic nitrogens is 7. The molecule has 5 heterocycles. The number of aryl methyl sites for hydroxylation is 1. The highest BCUT2D eigenvalue weighted by molar-refractivity contribution is 5.95. The minimum atomic E-state index is -0.251. The highest BCUT2D eigenvalue weighted by atomic mass is 16.5. The van der Waals surface area contributed by atoms with Gasteiger partial charge in [0, 0.05) is 58.6 Å². The van der Waals surface area contributed by atoms with Gasteiger partial charge in [-0.15, -0.1) is 5.10 Å². The molecule has 1 atom stereocenters. The Morgan fingerprint density at radius 3 is 2.60 bits per heavy atom. The summed E-state index contributed by atoms with van der Waals surface area (Å²) in [5, 5.41) is 18.0. The molecule has 3 aromatic carbocycles. The molecule has 1 unspecified atom stereocenters. The van der Waals surface area contributed by atoms with Gasteiger partial charge in [-0.1, -0.05) is 59.8 Å². The highest BCUT2D eigenvalue weighted by Gasteiger charge is 2.42. The first-order valence-electron chi connectivity index (χ1n) is 19.2. The van der Waals surface area contributed by atoms with Gasteiger partial charge in [-0.2, -0.15) is 5.10 Å². The third-order valence-electron chi connectivity index (χ3n) is 11.2. The van der Waals surface area contributed by atoms with Crippen molar-refractivity contribution in [3.05, 3.63) is 138 Å². The standard InChI is InChI=1S/C44H43N9O4/c1-28-42(29(2)53(48-28)36-13-9-14-38(22-36)56-3)41-27-57-17-16-50(41)44(55)32-18-34(19-32)46-43(54)33-20-37(24-45-23-33)52-26-35(47-49-52)25-51-39-15-8-7-12-31(39)21-40(51)30-10-5-4-6-11-30/h4-15,20-24,26,32,34,41H,16-19,25,27H2,1-3H3,(H,46,54). The number of ether oxygens (including phenoxy) is 2. The number of hydrogen-bond donors (Lipinski definition) is 1. The first kappa shape index (κ1) is 36.1. The number of amides is 2. The second-order valence-electron chi connectivity index (χ2n) is 14.8. The molecule has 9 rings (SSSR count). The van der Waals surface area contributed by atoms with Crippen molar-refractivity contribution in [2.75, 3.05) is 26.9 Å². The van der Waals surface area contributed by atoms with Crippen LogP contribution >= 0.6 is 0 Å². The number of fused-ring (bicyclic) bond motifs is 1. The summed E-state index contributed by atoms with van der Waals surface area (Å²) in [6.45, 7) is 5.90. The molecule has 0 spiro atoms. The van der Waals surface area contributed by atoms with E-state index >= 15 is 0 Å². The first-order valence-corrected chi connectivity index (χ1v) is 19.2. The van der Waals surface area contributed by atoms with Gasteiger partial charge in [0.05, 0.1) is 67.9 Å². The van der Waals surface area contributed by atoms with Gasteiger partial charge in [-0.05, 0) is 62.6 Å². The molecule has 57 heavy (non-hydrogen) atoms. The lowest BCUT2D eigenvalue weighted by Gasteiger charge is -2.42. The number of carbonyl (C=O) groups excluding carboxylic acids is 2. The van der Waals surface area contributed by atoms with Crippen molar-refractivity contribution in [1.29, 1.82) is 0 Å². The van der Waals surface area contributed by atoms with Gasteiger partial charge in [-0.25, -0.2) is 9.36 Å². The van der Waals surface area contributed by atoms with Crippen LogP contribution in [0.25, 0.3) is 33.5 Å². The van der Waals surface area contributed by atoms with Crippen molar-refractivity contribution in [1.82, 2.24) is 44.5 Å². The lowest BCUT2D eigenvalue weighted by atomic mass is 9.78. The van der Waals surface area contributed by atoms with Gasteiger partial charge >= 0.3 is 0 Å². The van der Waals surface area contributed by atoms with Crippen molar-refractivity contribution in [3.63, 3.8) is 0 Å². The van der Waals surface area contributed by atoms with Gasteiger partial charge in [0.2, 0.25) is 5.91 Å². The number of methoxy groups -OCH3 is 1. The maximum absolute atomic E-state index is 14.0. The fourth-order valence-electron chi connectivity index (χ4n) is 8.24. The van der Waals surface area contributed by atoms with Crippen molar-refractivity contribution in [3.8, 4) is 28.4 Å². The summed E-state index contributed by atoms with van der Waals surface area (Å²) in [7, 11) is 1.64. The summed E-state index contributed by atoms with van der Waals surface area (Å²) in [6.07, 6.45) is 6.21. The van der Waals surface area contributed by atoms with Gasteiger partial charge in [0.15, 0.2) is 0 Å². The smallest absolute Gasteiger partial charge is 0.253 e. The van der Waals surface area contributed by atoms with Crippen LogP contribution in [-0.2, 0) is 16.1 Å². The van der Waals surface area contributed by atoms with E-state index in [-0.39, 0.29) is 29.8 Å². The summed E-state index contributed by atoms with van der Waals surface area (Å²) in [5.41, 5.74) is 8.83. The number of pyridine rings is 1. The molecule has 13 nitrogen and oxygen atoms in total. The lowest BCUT2D eigenvalue weighted by molar-refractivity contribution is -0.148. The van der Waals surface area contributed by atoms with Crippen LogP contribution in [0.4, 0.5) is 0 Å². The van der Waals surface area contributed by atoms with Crippen molar-refractivity contribution in [2.24, 2.45) is 5.92 Å². The van der Waals surface area contributed by atoms with E-state index in [4.69, 9.17) is 14.6 Å². The predicted octanol–water partition coefficient (Wildman–Crippen LogP) is 6.25. The Labute approximate surface area is 329 Å². The van der Waals surface area contributed by atoms with Crippen LogP contribution in [0.2, 0.25) is 0 Å². The van der Waals surface area contributed by atoms with E-state index in [9.17, 15) is 9.59 Å². The van der Waals surface area contributed by atoms with Crippen LogP contribution < -0.4 is 10.1 Å². The normalized spacial score (nSPS) is 18.0. The van der Waals surface area contributed by atoms with Crippen molar-refractivity contribution < 1.29 is 19.1 Å². The van der Waals surface area contributed by atoms with E-state index < -0.39 is 0 Å². The van der Waals surface area contributed by atoms with Gasteiger partial charge in [-0.3, -0.25) is 14.6 Å². The summed E-state index contributed by atoms with van der Waals surface area (Å²) >= 11 is 0. The number of carbonyl (C=O) groups is 2. The second-order valence-corrected chi connectivity index (χ2v) is 14.8. The largest absolute Gasteiger partial charge is 0.497 e. The number of nitrogens with zero attached hydrogens (tertiary/aromatic N) is 8. The summed E-state index contributed by atoms with van der Waals surface area (Å²) in [6, 6.07) is 30.0. The van der Waals surface area contributed by atoms with Crippen LogP contribution in [0.1, 0.15) is 51.9 Å². The van der Waals surface area contributed by atoms with Gasteiger partial charge in [0.25, 0.3) is 5.91 Å². The summed E-state index contributed by atoms with van der Waals surface area (Å²) in [4.78, 5) is 33.8. The quantitative estimate of drug-likeness (QED) is 0.173. The molecular weight excluding hydrogens is 719 g/mol. The van der Waals surface area contributed by atoms with Crippen LogP contribution in [-0.4, -0.2) is 83.9 Å². The fraction of sp³-hybridized carbons (Fsp3) is 0.273. The number of benzene rings is 3. The predicted molar refractivity (Wildman–Crippen MR) is 214 cm³/mol. The SMILES string of the molecule is COc1cccc(-n2nc(C)c(C3COCCN3C(=O)C3CC(NC(=O)c4cncc(-n5cc(Cn6c(-c7ccccc7)cc7ccccc76)nn5)c4)C3)c2C)c1. The van der Waals surface area contributed by atoms with E-state index in [2.05, 4.69) is 55.5 Å². The van der Waals surface area contributed by atoms with Crippen LogP contribution in [0.3, 0.4) is 0 Å². The third-order valence-corrected chi connectivity index (χ3v) is 11.2. The molecule has 1 N–H and O–H groups in total. The molecule has 1 saturated carbocycles. The van der Waals surface area contributed by atoms with Crippen LogP contribution in [0, 0.1) is 19.8 Å². The lowest BCUT2D eigenvalue weighted by Crippen LogP contribution is -2.53. The Morgan fingerprint density at radius 1 is 0.930 bits per heavy atom. The Kier molecular flexibility index (Phi) is 9.58. The Morgan fingerprint density at radius 2 is 1.75 bits per heavy atom. The zero-order valence-electron chi connectivity index (χ0n) is 32.1. The molecule has 1 aliphatic carbocycles. The molecule has 13 heteroatoms. The second kappa shape index (κ2) is 15.1. The monoisotopic (exact) mass is 761 g/mol. The Bertz CT molecular complexity index is 2590. The fourth-order valence-corrected chi connectivity index (χ4v) is 8.24. The number of hydrogen-bond acceptors (Lipinski definition) is 8. The molecule has 1 aliphatic heterocycles. The molecule has 288 valence electrons. The zero-order chi connectivity index (χ0) is 39.0. The summed E-state index contributed by atoms with van der Waals surface area (Å²) in [5.74, 6) is 0.390. The maximum atomic E-state index is 14.0. The van der Waals surface area contributed by atoms with E-state index in [0.717, 1.165) is 56.2 Å². The minimum absolute atomic E-state index is 0.0798. The van der Waals surface area contributed by atoms with Crippen LogP contribution in [0.5, 0.6) is 5.75 Å². The van der Waals surface area contributed by atoms with E-state index in [0.29, 0.717) is 50.4 Å². The molecule has 2 amide bonds. The average Bonchev–Trinajstić information content (AvgIpc) is 3.94. The molecule has 4 aromatic heterocycles. The molecule has 7 aromatic rings. The van der Waals surface area contributed by atoms with Crippen molar-refractivity contribution in [2.45, 2.75) is 45.3 Å². The van der Waals surface area contributed by atoms with E-state index in [1.54, 1.807) is 30.3 Å². The van der Waals surface area contributed by atoms with Crippen molar-refractivity contribution >= 4 is 22.7 Å². The molecule has 1 saturated heterocycles. The average molecular weight is 762 g/mol. The number of rotatable bonds is 10. The summed E-state index contributed by atoms with van der Waals surface area (Å²) < 4.78 is 17.1. The number of morpholine rings is 1. The number of nitrogens with one attached hydrogen (secondary N) is 1. The molecule has 2 fully saturated rings. The zero-order valence-corrected chi connectivity index (χ0v) is 32.1. The minimum Gasteiger partial charge on any atom is -0.497 e. The van der Waals surface area contributed by atoms with Gasteiger partial charge in [0.1, 0.15) is 11.4 Å². The maximum Gasteiger partial charge on any atom is 0.253 e. The first-order chi connectivity index (χ1) is 27.8. The van der Waals surface area contributed by atoms with E-state index in [1.165, 1.54) is 0 Å². The molecule has 0 bridgehead atoms. The number of para-hydroxylation sites is 1. The van der Waals surface area contributed by atoms with E-state index in [1.807, 2.05) is 84.2 Å². The molecular formula is C44H43N9O4. The highest BCUT2D eigenvalue weighted by Crippen LogP contribution is 2.36. The molecule has 2 aliphatic rings. The van der Waals surface area contributed by atoms with Gasteiger partial charge < -0.3 is 24.3 Å². The van der Waals surface area contributed by atoms with Crippen LogP contribution in [0.15, 0.2) is 110 Å². The topological polar surface area (TPSA) is 134 Å². The molecule has 0 radical (unpaired) electrons. The Balaban J connectivity index is 0.850. The Hall–Kier alpha value is -6.60. The third kappa shape index (κ3) is 6.95.